The predicted octanol–water partition coefficient (Wildman–Crippen LogP) is 6.94. The van der Waals surface area contributed by atoms with E-state index in [-0.39, 0.29) is 12.5 Å². The fourth-order valence-electron chi connectivity index (χ4n) is 3.17. The highest BCUT2D eigenvalue weighted by Gasteiger charge is 2.13. The number of carbonyl (C=O) groups is 1. The number of carbonyl (C=O) groups excluding carboxylic acids is 1. The number of thioether (sulfide) groups is 1. The monoisotopic (exact) mass is 540 g/mol. The number of aromatic nitrogens is 2. The first kappa shape index (κ1) is 32.9. The van der Waals surface area contributed by atoms with E-state index in [0.717, 1.165) is 58.2 Å². The normalized spacial score (nSPS) is 12.1. The Morgan fingerprint density at radius 1 is 1.13 bits per heavy atom. The summed E-state index contributed by atoms with van der Waals surface area (Å²) in [6, 6.07) is 3.69. The highest BCUT2D eigenvalue weighted by atomic mass is 32.2. The SMILES string of the molecule is C=C(/C=C(\C)OCC(C)(C)O)CC(=C)NC(=C)SC(=C)CCCCc1ccc(NC(=O)C/C(C)=C/C)nn1. The minimum absolute atomic E-state index is 0.0942. The summed E-state index contributed by atoms with van der Waals surface area (Å²) < 4.78 is 5.54. The number of nitrogens with one attached hydrogen (secondary N) is 2. The summed E-state index contributed by atoms with van der Waals surface area (Å²) in [5, 5.41) is 24.8. The van der Waals surface area contributed by atoms with Crippen molar-refractivity contribution in [3.8, 4) is 0 Å². The Morgan fingerprint density at radius 2 is 1.84 bits per heavy atom. The largest absolute Gasteiger partial charge is 0.495 e. The molecule has 38 heavy (non-hydrogen) atoms. The number of hydrogen-bond acceptors (Lipinski definition) is 7. The van der Waals surface area contributed by atoms with Gasteiger partial charge in [-0.25, -0.2) is 0 Å². The molecular weight excluding hydrogens is 496 g/mol. The van der Waals surface area contributed by atoms with Crippen LogP contribution in [0.4, 0.5) is 5.82 Å². The van der Waals surface area contributed by atoms with Gasteiger partial charge in [-0.3, -0.25) is 4.79 Å². The quantitative estimate of drug-likeness (QED) is 0.0803. The summed E-state index contributed by atoms with van der Waals surface area (Å²) in [5.74, 6) is 1.06. The third kappa shape index (κ3) is 15.9. The summed E-state index contributed by atoms with van der Waals surface area (Å²) in [5.41, 5.74) is 2.64. The Hall–Kier alpha value is -3.10. The van der Waals surface area contributed by atoms with Crippen LogP contribution in [0.3, 0.4) is 0 Å². The number of unbranched alkanes of at least 4 members (excludes halogenated alkanes) is 1. The van der Waals surface area contributed by atoms with E-state index in [4.69, 9.17) is 4.74 Å². The maximum absolute atomic E-state index is 11.9. The number of aryl methyl sites for hydroxylation is 1. The number of allylic oxidation sites excluding steroid dienone is 5. The Kier molecular flexibility index (Phi) is 14.5. The molecule has 0 spiro atoms. The van der Waals surface area contributed by atoms with Crippen LogP contribution in [0.2, 0.25) is 0 Å². The van der Waals surface area contributed by atoms with E-state index >= 15 is 0 Å². The fraction of sp³-hybridized carbons (Fsp3) is 0.433. The molecule has 0 saturated carbocycles. The van der Waals surface area contributed by atoms with Crippen molar-refractivity contribution in [2.45, 2.75) is 78.7 Å². The van der Waals surface area contributed by atoms with Crippen LogP contribution >= 0.6 is 11.8 Å². The van der Waals surface area contributed by atoms with Crippen molar-refractivity contribution in [3.63, 3.8) is 0 Å². The molecule has 0 aromatic carbocycles. The van der Waals surface area contributed by atoms with Gasteiger partial charge in [0.05, 0.1) is 22.1 Å². The van der Waals surface area contributed by atoms with Gasteiger partial charge in [-0.2, -0.15) is 5.10 Å². The molecule has 208 valence electrons. The molecule has 0 aliphatic rings. The number of nitrogens with zero attached hydrogens (tertiary/aromatic N) is 2. The van der Waals surface area contributed by atoms with Gasteiger partial charge in [0.15, 0.2) is 5.82 Å². The van der Waals surface area contributed by atoms with Crippen LogP contribution in [0.1, 0.15) is 72.4 Å². The average molecular weight is 541 g/mol. The third-order valence-electron chi connectivity index (χ3n) is 5.14. The number of hydrogen-bond donors (Lipinski definition) is 3. The smallest absolute Gasteiger partial charge is 0.229 e. The summed E-state index contributed by atoms with van der Waals surface area (Å²) >= 11 is 1.51. The van der Waals surface area contributed by atoms with Crippen molar-refractivity contribution in [2.75, 3.05) is 11.9 Å². The van der Waals surface area contributed by atoms with E-state index in [1.807, 2.05) is 39.0 Å². The average Bonchev–Trinajstić information content (AvgIpc) is 2.80. The van der Waals surface area contributed by atoms with E-state index in [1.54, 1.807) is 19.9 Å². The summed E-state index contributed by atoms with van der Waals surface area (Å²) in [4.78, 5) is 13.0. The topological polar surface area (TPSA) is 96.4 Å². The van der Waals surface area contributed by atoms with Gasteiger partial charge in [0.1, 0.15) is 6.61 Å². The van der Waals surface area contributed by atoms with E-state index < -0.39 is 5.60 Å². The maximum atomic E-state index is 11.9. The number of ether oxygens (including phenoxy) is 1. The van der Waals surface area contributed by atoms with Crippen molar-refractivity contribution in [2.24, 2.45) is 0 Å². The second-order valence-electron chi connectivity index (χ2n) is 9.96. The number of rotatable bonds is 18. The first-order valence-electron chi connectivity index (χ1n) is 12.7. The van der Waals surface area contributed by atoms with Crippen molar-refractivity contribution >= 4 is 23.5 Å². The highest BCUT2D eigenvalue weighted by Crippen LogP contribution is 2.26. The lowest BCUT2D eigenvalue weighted by molar-refractivity contribution is -0.115. The van der Waals surface area contributed by atoms with Crippen molar-refractivity contribution in [1.82, 2.24) is 15.5 Å². The molecule has 0 aliphatic carbocycles. The van der Waals surface area contributed by atoms with Crippen molar-refractivity contribution in [1.29, 1.82) is 0 Å². The molecule has 8 heteroatoms. The Labute approximate surface area is 232 Å². The predicted molar refractivity (Wildman–Crippen MR) is 160 cm³/mol. The van der Waals surface area contributed by atoms with E-state index in [9.17, 15) is 9.90 Å². The molecule has 1 aromatic heterocycles. The van der Waals surface area contributed by atoms with Crippen LogP contribution in [0.25, 0.3) is 0 Å². The summed E-state index contributed by atoms with van der Waals surface area (Å²) in [7, 11) is 0. The van der Waals surface area contributed by atoms with E-state index in [1.165, 1.54) is 11.8 Å². The lowest BCUT2D eigenvalue weighted by Gasteiger charge is -2.18. The lowest BCUT2D eigenvalue weighted by Crippen LogP contribution is -2.25. The molecular formula is C30H44N4O3S. The van der Waals surface area contributed by atoms with Gasteiger partial charge >= 0.3 is 0 Å². The first-order valence-corrected chi connectivity index (χ1v) is 13.5. The highest BCUT2D eigenvalue weighted by molar-refractivity contribution is 8.06. The van der Waals surface area contributed by atoms with E-state index in [2.05, 4.69) is 47.1 Å². The van der Waals surface area contributed by atoms with Gasteiger partial charge in [0.25, 0.3) is 0 Å². The van der Waals surface area contributed by atoms with Crippen LogP contribution in [-0.2, 0) is 16.0 Å². The molecule has 1 heterocycles. The first-order chi connectivity index (χ1) is 17.8. The molecule has 0 fully saturated rings. The van der Waals surface area contributed by atoms with Crippen LogP contribution in [-0.4, -0.2) is 33.4 Å². The van der Waals surface area contributed by atoms with Gasteiger partial charge in [-0.05, 0) is 89.0 Å². The molecule has 7 nitrogen and oxygen atoms in total. The minimum atomic E-state index is -0.885. The van der Waals surface area contributed by atoms with Crippen LogP contribution in [0.5, 0.6) is 0 Å². The molecule has 0 saturated heterocycles. The Balaban J connectivity index is 2.30. The van der Waals surface area contributed by atoms with Gasteiger partial charge in [0, 0.05) is 18.5 Å². The van der Waals surface area contributed by atoms with Gasteiger partial charge in [-0.1, -0.05) is 49.7 Å². The zero-order valence-electron chi connectivity index (χ0n) is 23.7. The maximum Gasteiger partial charge on any atom is 0.229 e. The van der Waals surface area contributed by atoms with Crippen molar-refractivity contribution < 1.29 is 14.6 Å². The van der Waals surface area contributed by atoms with Crippen molar-refractivity contribution in [3.05, 3.63) is 88.8 Å². The number of anilines is 1. The van der Waals surface area contributed by atoms with E-state index in [0.29, 0.717) is 24.4 Å². The number of aliphatic hydroxyl groups is 1. The molecule has 1 amide bonds. The Bertz CT molecular complexity index is 1050. The molecule has 1 aromatic rings. The summed E-state index contributed by atoms with van der Waals surface area (Å²) in [6.07, 6.45) is 8.25. The lowest BCUT2D eigenvalue weighted by atomic mass is 10.1. The molecule has 0 bridgehead atoms. The zero-order valence-corrected chi connectivity index (χ0v) is 24.5. The standard InChI is InChI=1S/C30H44N4O3S/c1-10-21(2)19-29(35)32-28-16-15-27(33-34-28)14-12-11-13-25(6)38-26(7)31-23(4)17-22(3)18-24(5)37-20-30(8,9)36/h10,15-16,18,31,36H,3-4,6-7,11-14,17,19-20H2,1-2,5,8-9H3,(H,32,34,35)/b21-10+,24-18+. The molecule has 0 radical (unpaired) electrons. The van der Waals surface area contributed by atoms with Crippen LogP contribution < -0.4 is 10.6 Å². The molecule has 0 aliphatic heterocycles. The van der Waals surface area contributed by atoms with Gasteiger partial charge < -0.3 is 20.5 Å². The summed E-state index contributed by atoms with van der Waals surface area (Å²) in [6.45, 7) is 25.6. The van der Waals surface area contributed by atoms with Gasteiger partial charge in [0.2, 0.25) is 5.91 Å². The molecule has 0 atom stereocenters. The van der Waals surface area contributed by atoms with Gasteiger partial charge in [-0.15, -0.1) is 5.10 Å². The van der Waals surface area contributed by atoms with Crippen LogP contribution in [0.15, 0.2) is 83.1 Å². The molecule has 3 N–H and O–H groups in total. The zero-order chi connectivity index (χ0) is 28.7. The Morgan fingerprint density at radius 3 is 2.45 bits per heavy atom. The third-order valence-corrected chi connectivity index (χ3v) is 5.98. The number of amides is 1. The molecule has 1 rings (SSSR count). The fourth-order valence-corrected chi connectivity index (χ4v) is 3.96. The van der Waals surface area contributed by atoms with Crippen LogP contribution in [0, 0.1) is 0 Å². The second kappa shape index (κ2) is 16.7. The molecule has 0 unspecified atom stereocenters. The minimum Gasteiger partial charge on any atom is -0.495 e. The second-order valence-corrected chi connectivity index (χ2v) is 11.2.